The molecule has 1 aromatic heterocycles. The fraction of sp³-hybridized carbons (Fsp3) is 0.115. The Morgan fingerprint density at radius 1 is 1.15 bits per heavy atom. The molecule has 2 N–H and O–H groups in total. The number of pyridine rings is 1. The molecule has 0 aliphatic carbocycles. The van der Waals surface area contributed by atoms with E-state index in [0.717, 1.165) is 11.1 Å². The van der Waals surface area contributed by atoms with Crippen LogP contribution in [0, 0.1) is 18.3 Å². The number of nitrogens with one attached hydrogen (secondary N) is 2. The molecule has 0 saturated heterocycles. The topological polar surface area (TPSA) is 87.0 Å². The summed E-state index contributed by atoms with van der Waals surface area (Å²) in [5.41, 5.74) is 4.95. The molecule has 1 heterocycles. The Kier molecular flexibility index (Phi) is 6.43. The maximum atomic E-state index is 11.6. The van der Waals surface area contributed by atoms with Gasteiger partial charge in [-0.15, -0.1) is 0 Å². The van der Waals surface area contributed by atoms with Crippen LogP contribution in [0.2, 0.25) is 5.02 Å². The van der Waals surface area contributed by atoms with Crippen LogP contribution in [0.5, 0.6) is 5.75 Å². The predicted molar refractivity (Wildman–Crippen MR) is 131 cm³/mol. The number of ether oxygens (including phenoxy) is 1. The van der Waals surface area contributed by atoms with Crippen molar-refractivity contribution in [1.82, 2.24) is 4.98 Å². The zero-order chi connectivity index (χ0) is 23.4. The lowest BCUT2D eigenvalue weighted by Crippen LogP contribution is -2.07. The van der Waals surface area contributed by atoms with Gasteiger partial charge >= 0.3 is 0 Å². The van der Waals surface area contributed by atoms with E-state index in [1.165, 1.54) is 13.1 Å². The van der Waals surface area contributed by atoms with Crippen molar-refractivity contribution in [3.05, 3.63) is 88.6 Å². The van der Waals surface area contributed by atoms with Crippen LogP contribution in [-0.4, -0.2) is 10.9 Å². The van der Waals surface area contributed by atoms with Crippen LogP contribution in [-0.2, 0) is 11.4 Å². The number of anilines is 3. The Bertz CT molecular complexity index is 1380. The van der Waals surface area contributed by atoms with Gasteiger partial charge in [0.2, 0.25) is 5.91 Å². The molecule has 0 fully saturated rings. The van der Waals surface area contributed by atoms with Crippen LogP contribution in [0.3, 0.4) is 0 Å². The second kappa shape index (κ2) is 9.60. The van der Waals surface area contributed by atoms with E-state index in [0.29, 0.717) is 50.9 Å². The van der Waals surface area contributed by atoms with Crippen molar-refractivity contribution in [2.24, 2.45) is 0 Å². The standard InChI is InChI=1S/C26H21ClN4O2/c1-16-10-24-21(12-23(16)30-17(2)32)26(19(13-28)14-29-24)31-20-8-9-25(22(27)11-20)33-15-18-6-4-3-5-7-18/h3-12,14H,15H2,1-2H3,(H,29,31)(H,30,32). The van der Waals surface area contributed by atoms with Gasteiger partial charge in [-0.25, -0.2) is 0 Å². The first-order valence-corrected chi connectivity index (χ1v) is 10.7. The maximum absolute atomic E-state index is 11.6. The zero-order valence-corrected chi connectivity index (χ0v) is 18.9. The molecule has 0 saturated carbocycles. The Hall–Kier alpha value is -4.08. The quantitative estimate of drug-likeness (QED) is 0.353. The van der Waals surface area contributed by atoms with Crippen molar-refractivity contribution < 1.29 is 9.53 Å². The molecule has 4 aromatic rings. The van der Waals surface area contributed by atoms with Crippen molar-refractivity contribution >= 4 is 45.5 Å². The smallest absolute Gasteiger partial charge is 0.221 e. The molecule has 6 nitrogen and oxygen atoms in total. The van der Waals surface area contributed by atoms with Crippen LogP contribution in [0.15, 0.2) is 66.9 Å². The van der Waals surface area contributed by atoms with Crippen LogP contribution in [0.4, 0.5) is 17.1 Å². The van der Waals surface area contributed by atoms with Gasteiger partial charge in [0.05, 0.1) is 21.8 Å². The van der Waals surface area contributed by atoms with E-state index in [1.807, 2.05) is 55.5 Å². The highest BCUT2D eigenvalue weighted by Crippen LogP contribution is 2.35. The molecule has 1 amide bonds. The van der Waals surface area contributed by atoms with Crippen molar-refractivity contribution in [2.75, 3.05) is 10.6 Å². The summed E-state index contributed by atoms with van der Waals surface area (Å²) in [5, 5.41) is 16.9. The van der Waals surface area contributed by atoms with E-state index < -0.39 is 0 Å². The van der Waals surface area contributed by atoms with Crippen molar-refractivity contribution in [3.63, 3.8) is 0 Å². The highest BCUT2D eigenvalue weighted by Gasteiger charge is 2.13. The van der Waals surface area contributed by atoms with Gasteiger partial charge in [0.25, 0.3) is 0 Å². The summed E-state index contributed by atoms with van der Waals surface area (Å²) in [4.78, 5) is 16.0. The second-order valence-electron chi connectivity index (χ2n) is 7.57. The monoisotopic (exact) mass is 456 g/mol. The van der Waals surface area contributed by atoms with Gasteiger partial charge in [-0.1, -0.05) is 41.9 Å². The first-order chi connectivity index (χ1) is 15.9. The molecular formula is C26H21ClN4O2. The number of aromatic nitrogens is 1. The first kappa shape index (κ1) is 22.1. The molecule has 7 heteroatoms. The minimum atomic E-state index is -0.172. The summed E-state index contributed by atoms with van der Waals surface area (Å²) in [6.07, 6.45) is 1.53. The minimum Gasteiger partial charge on any atom is -0.487 e. The third-order valence-corrected chi connectivity index (χ3v) is 5.38. The molecule has 164 valence electrons. The number of halogens is 1. The number of benzene rings is 3. The van der Waals surface area contributed by atoms with Crippen molar-refractivity contribution in [2.45, 2.75) is 20.5 Å². The summed E-state index contributed by atoms with van der Waals surface area (Å²) in [6.45, 7) is 3.76. The van der Waals surface area contributed by atoms with E-state index in [4.69, 9.17) is 16.3 Å². The van der Waals surface area contributed by atoms with Crippen molar-refractivity contribution in [1.29, 1.82) is 5.26 Å². The average Bonchev–Trinajstić information content (AvgIpc) is 2.80. The molecule has 0 aliphatic rings. The summed E-state index contributed by atoms with van der Waals surface area (Å²) < 4.78 is 5.85. The van der Waals surface area contributed by atoms with Crippen LogP contribution in [0.25, 0.3) is 10.9 Å². The molecule has 0 atom stereocenters. The van der Waals surface area contributed by atoms with E-state index >= 15 is 0 Å². The van der Waals surface area contributed by atoms with Crippen molar-refractivity contribution in [3.8, 4) is 11.8 Å². The first-order valence-electron chi connectivity index (χ1n) is 10.3. The molecule has 0 aliphatic heterocycles. The van der Waals surface area contributed by atoms with E-state index in [2.05, 4.69) is 21.7 Å². The Balaban J connectivity index is 1.65. The number of hydrogen-bond acceptors (Lipinski definition) is 5. The second-order valence-corrected chi connectivity index (χ2v) is 7.98. The molecule has 0 bridgehead atoms. The summed E-state index contributed by atoms with van der Waals surface area (Å²) in [6, 6.07) is 21.1. The maximum Gasteiger partial charge on any atom is 0.221 e. The van der Waals surface area contributed by atoms with Gasteiger partial charge in [-0.2, -0.15) is 5.26 Å². The Morgan fingerprint density at radius 2 is 1.94 bits per heavy atom. The van der Waals surface area contributed by atoms with Crippen LogP contribution < -0.4 is 15.4 Å². The van der Waals surface area contributed by atoms with Crippen LogP contribution in [0.1, 0.15) is 23.6 Å². The average molecular weight is 457 g/mol. The molecular weight excluding hydrogens is 436 g/mol. The summed E-state index contributed by atoms with van der Waals surface area (Å²) in [7, 11) is 0. The molecule has 3 aromatic carbocycles. The molecule has 0 radical (unpaired) electrons. The van der Waals surface area contributed by atoms with Gasteiger partial charge < -0.3 is 15.4 Å². The fourth-order valence-corrected chi connectivity index (χ4v) is 3.70. The molecule has 33 heavy (non-hydrogen) atoms. The number of hydrogen-bond donors (Lipinski definition) is 2. The number of nitrogens with zero attached hydrogens (tertiary/aromatic N) is 2. The molecule has 0 unspecified atom stereocenters. The van der Waals surface area contributed by atoms with Gasteiger partial charge in [-0.3, -0.25) is 9.78 Å². The molecule has 0 spiro atoms. The number of carbonyl (C=O) groups excluding carboxylic acids is 1. The Labute approximate surface area is 196 Å². The lowest BCUT2D eigenvalue weighted by atomic mass is 10.1. The van der Waals surface area contributed by atoms with E-state index in [-0.39, 0.29) is 5.91 Å². The predicted octanol–water partition coefficient (Wildman–Crippen LogP) is 6.35. The Morgan fingerprint density at radius 3 is 2.64 bits per heavy atom. The minimum absolute atomic E-state index is 0.172. The summed E-state index contributed by atoms with van der Waals surface area (Å²) >= 11 is 6.47. The van der Waals surface area contributed by atoms with Gasteiger partial charge in [0.1, 0.15) is 18.4 Å². The number of amides is 1. The SMILES string of the molecule is CC(=O)Nc1cc2c(Nc3ccc(OCc4ccccc4)c(Cl)c3)c(C#N)cnc2cc1C. The van der Waals surface area contributed by atoms with Gasteiger partial charge in [0, 0.05) is 29.9 Å². The largest absolute Gasteiger partial charge is 0.487 e. The number of nitriles is 1. The number of fused-ring (bicyclic) bond motifs is 1. The lowest BCUT2D eigenvalue weighted by Gasteiger charge is -2.15. The van der Waals surface area contributed by atoms with Crippen LogP contribution >= 0.6 is 11.6 Å². The molecule has 4 rings (SSSR count). The van der Waals surface area contributed by atoms with Gasteiger partial charge in [0.15, 0.2) is 0 Å². The zero-order valence-electron chi connectivity index (χ0n) is 18.1. The number of aryl methyl sites for hydroxylation is 1. The van der Waals surface area contributed by atoms with Gasteiger partial charge in [-0.05, 0) is 48.4 Å². The normalized spacial score (nSPS) is 10.5. The summed E-state index contributed by atoms with van der Waals surface area (Å²) in [5.74, 6) is 0.393. The highest BCUT2D eigenvalue weighted by molar-refractivity contribution is 6.32. The fourth-order valence-electron chi connectivity index (χ4n) is 3.46. The van der Waals surface area contributed by atoms with E-state index in [9.17, 15) is 10.1 Å². The lowest BCUT2D eigenvalue weighted by molar-refractivity contribution is -0.114. The van der Waals surface area contributed by atoms with E-state index in [1.54, 1.807) is 12.1 Å². The number of carbonyl (C=O) groups is 1. The highest BCUT2D eigenvalue weighted by atomic mass is 35.5. The third kappa shape index (κ3) is 5.05. The third-order valence-electron chi connectivity index (χ3n) is 5.08. The number of rotatable bonds is 6.